The summed E-state index contributed by atoms with van der Waals surface area (Å²) in [5, 5.41) is 6.09. The summed E-state index contributed by atoms with van der Waals surface area (Å²) < 4.78 is 0.915. The Balaban J connectivity index is 1.87. The minimum atomic E-state index is -0.145. The third kappa shape index (κ3) is 2.63. The van der Waals surface area contributed by atoms with Crippen LogP contribution in [-0.2, 0) is 0 Å². The van der Waals surface area contributed by atoms with Gasteiger partial charge in [-0.05, 0) is 46.2 Å². The SMILES string of the molecule is O=C(Nc1nc2ccccc2c2ccccc12)c1ccccc1I. The van der Waals surface area contributed by atoms with Gasteiger partial charge in [0.25, 0.3) is 5.91 Å². The molecule has 0 aliphatic heterocycles. The van der Waals surface area contributed by atoms with Crippen LogP contribution in [0.5, 0.6) is 0 Å². The van der Waals surface area contributed by atoms with Gasteiger partial charge in [-0.3, -0.25) is 4.79 Å². The Hall–Kier alpha value is -2.47. The van der Waals surface area contributed by atoms with E-state index < -0.39 is 0 Å². The summed E-state index contributed by atoms with van der Waals surface area (Å²) in [5.41, 5.74) is 1.52. The van der Waals surface area contributed by atoms with Crippen molar-refractivity contribution in [3.63, 3.8) is 0 Å². The zero-order chi connectivity index (χ0) is 16.5. The van der Waals surface area contributed by atoms with Crippen molar-refractivity contribution < 1.29 is 4.79 Å². The van der Waals surface area contributed by atoms with Gasteiger partial charge in [0.2, 0.25) is 0 Å². The predicted molar refractivity (Wildman–Crippen MR) is 106 cm³/mol. The van der Waals surface area contributed by atoms with Crippen molar-refractivity contribution in [1.29, 1.82) is 0 Å². The molecule has 0 unspecified atom stereocenters. The first-order chi connectivity index (χ1) is 11.7. The first-order valence-corrected chi connectivity index (χ1v) is 8.65. The van der Waals surface area contributed by atoms with E-state index in [1.54, 1.807) is 0 Å². The molecule has 3 nitrogen and oxygen atoms in total. The third-order valence-corrected chi connectivity index (χ3v) is 4.90. The quantitative estimate of drug-likeness (QED) is 0.353. The lowest BCUT2D eigenvalue weighted by Crippen LogP contribution is -2.14. The second-order valence-corrected chi connectivity index (χ2v) is 6.62. The Morgan fingerprint density at radius 2 is 1.42 bits per heavy atom. The molecule has 1 heterocycles. The molecule has 0 aliphatic carbocycles. The van der Waals surface area contributed by atoms with Crippen molar-refractivity contribution >= 4 is 56.0 Å². The minimum absolute atomic E-state index is 0.145. The lowest BCUT2D eigenvalue weighted by molar-refractivity contribution is 0.102. The second kappa shape index (κ2) is 6.20. The Morgan fingerprint density at radius 1 is 0.792 bits per heavy atom. The van der Waals surface area contributed by atoms with Gasteiger partial charge in [-0.2, -0.15) is 0 Å². The van der Waals surface area contributed by atoms with Crippen molar-refractivity contribution in [2.75, 3.05) is 5.32 Å². The predicted octanol–water partition coefficient (Wildman–Crippen LogP) is 5.24. The molecule has 0 aliphatic rings. The zero-order valence-electron chi connectivity index (χ0n) is 12.7. The first kappa shape index (κ1) is 15.1. The fourth-order valence-corrected chi connectivity index (χ4v) is 3.45. The van der Waals surface area contributed by atoms with Crippen molar-refractivity contribution in [3.05, 3.63) is 81.9 Å². The van der Waals surface area contributed by atoms with E-state index in [-0.39, 0.29) is 5.91 Å². The number of hydrogen-bond acceptors (Lipinski definition) is 2. The van der Waals surface area contributed by atoms with Crippen molar-refractivity contribution in [1.82, 2.24) is 4.98 Å². The van der Waals surface area contributed by atoms with Gasteiger partial charge in [0.05, 0.1) is 11.1 Å². The molecule has 3 aromatic carbocycles. The molecule has 0 fully saturated rings. The molecule has 1 amide bonds. The molecule has 0 spiro atoms. The molecule has 4 heteroatoms. The topological polar surface area (TPSA) is 42.0 Å². The fraction of sp³-hybridized carbons (Fsp3) is 0. The smallest absolute Gasteiger partial charge is 0.257 e. The number of rotatable bonds is 2. The van der Waals surface area contributed by atoms with Crippen LogP contribution in [0.25, 0.3) is 21.7 Å². The number of carbonyl (C=O) groups is 1. The van der Waals surface area contributed by atoms with Crippen molar-refractivity contribution in [2.24, 2.45) is 0 Å². The van der Waals surface area contributed by atoms with E-state index >= 15 is 0 Å². The molecule has 4 rings (SSSR count). The van der Waals surface area contributed by atoms with Gasteiger partial charge in [0, 0.05) is 14.3 Å². The summed E-state index contributed by atoms with van der Waals surface area (Å²) in [4.78, 5) is 17.3. The van der Waals surface area contributed by atoms with Crippen LogP contribution in [0.3, 0.4) is 0 Å². The van der Waals surface area contributed by atoms with Crippen LogP contribution in [-0.4, -0.2) is 10.9 Å². The highest BCUT2D eigenvalue weighted by molar-refractivity contribution is 14.1. The van der Waals surface area contributed by atoms with Gasteiger partial charge in [-0.1, -0.05) is 54.6 Å². The number of fused-ring (bicyclic) bond motifs is 3. The average Bonchev–Trinajstić information content (AvgIpc) is 2.62. The molecule has 0 bridgehead atoms. The molecular formula is C20H13IN2O. The largest absolute Gasteiger partial charge is 0.306 e. The maximum Gasteiger partial charge on any atom is 0.257 e. The number of aromatic nitrogens is 1. The van der Waals surface area contributed by atoms with Crippen LogP contribution < -0.4 is 5.32 Å². The summed E-state index contributed by atoms with van der Waals surface area (Å²) >= 11 is 2.17. The maximum atomic E-state index is 12.7. The first-order valence-electron chi connectivity index (χ1n) is 7.57. The van der Waals surface area contributed by atoms with E-state index in [4.69, 9.17) is 0 Å². The standard InChI is InChI=1S/C20H13IN2O/c21-17-11-5-3-10-16(17)20(24)23-19-15-9-2-1-7-13(15)14-8-4-6-12-18(14)22-19/h1-12H,(H,22,23,24). The van der Waals surface area contributed by atoms with E-state index in [1.165, 1.54) is 0 Å². The molecule has 0 radical (unpaired) electrons. The second-order valence-electron chi connectivity index (χ2n) is 5.46. The summed E-state index contributed by atoms with van der Waals surface area (Å²) in [6.45, 7) is 0. The van der Waals surface area contributed by atoms with E-state index in [2.05, 4.69) is 45.0 Å². The molecule has 24 heavy (non-hydrogen) atoms. The lowest BCUT2D eigenvalue weighted by Gasteiger charge is -2.11. The van der Waals surface area contributed by atoms with Crippen LogP contribution in [0.15, 0.2) is 72.8 Å². The van der Waals surface area contributed by atoms with E-state index in [0.717, 1.165) is 25.2 Å². The van der Waals surface area contributed by atoms with Crippen LogP contribution in [0.2, 0.25) is 0 Å². The molecule has 1 aromatic heterocycles. The Labute approximate surface area is 152 Å². The third-order valence-electron chi connectivity index (χ3n) is 3.96. The Morgan fingerprint density at radius 3 is 2.21 bits per heavy atom. The normalized spacial score (nSPS) is 10.9. The number of pyridine rings is 1. The molecule has 0 atom stereocenters. The number of nitrogens with zero attached hydrogens (tertiary/aromatic N) is 1. The van der Waals surface area contributed by atoms with Gasteiger partial charge >= 0.3 is 0 Å². The number of carbonyl (C=O) groups excluding carboxylic acids is 1. The fourth-order valence-electron chi connectivity index (χ4n) is 2.82. The zero-order valence-corrected chi connectivity index (χ0v) is 14.8. The summed E-state index contributed by atoms with van der Waals surface area (Å²) in [5.74, 6) is 0.446. The number of para-hydroxylation sites is 1. The number of nitrogens with one attached hydrogen (secondary N) is 1. The maximum absolute atomic E-state index is 12.7. The van der Waals surface area contributed by atoms with Gasteiger partial charge in [-0.15, -0.1) is 0 Å². The van der Waals surface area contributed by atoms with Crippen LogP contribution in [0.1, 0.15) is 10.4 Å². The number of amides is 1. The van der Waals surface area contributed by atoms with E-state index in [0.29, 0.717) is 11.4 Å². The van der Waals surface area contributed by atoms with E-state index in [9.17, 15) is 4.79 Å². The van der Waals surface area contributed by atoms with Gasteiger partial charge in [0.1, 0.15) is 5.82 Å². The molecule has 4 aromatic rings. The Kier molecular flexibility index (Phi) is 3.90. The number of halogens is 1. The number of hydrogen-bond donors (Lipinski definition) is 1. The highest BCUT2D eigenvalue weighted by Gasteiger charge is 2.13. The number of anilines is 1. The monoisotopic (exact) mass is 424 g/mol. The van der Waals surface area contributed by atoms with Crippen LogP contribution in [0.4, 0.5) is 5.82 Å². The van der Waals surface area contributed by atoms with Crippen LogP contribution in [0, 0.1) is 3.57 Å². The molecular weight excluding hydrogens is 411 g/mol. The minimum Gasteiger partial charge on any atom is -0.306 e. The highest BCUT2D eigenvalue weighted by atomic mass is 127. The lowest BCUT2D eigenvalue weighted by atomic mass is 10.1. The molecule has 116 valence electrons. The van der Waals surface area contributed by atoms with Gasteiger partial charge in [-0.25, -0.2) is 4.98 Å². The van der Waals surface area contributed by atoms with Gasteiger partial charge in [0.15, 0.2) is 0 Å². The average molecular weight is 424 g/mol. The Bertz CT molecular complexity index is 1080. The summed E-state index contributed by atoms with van der Waals surface area (Å²) in [7, 11) is 0. The molecule has 0 saturated carbocycles. The van der Waals surface area contributed by atoms with Crippen LogP contribution >= 0.6 is 22.6 Å². The molecule has 1 N–H and O–H groups in total. The summed E-state index contributed by atoms with van der Waals surface area (Å²) in [6.07, 6.45) is 0. The van der Waals surface area contributed by atoms with Crippen molar-refractivity contribution in [2.45, 2.75) is 0 Å². The van der Waals surface area contributed by atoms with Gasteiger partial charge < -0.3 is 5.32 Å². The van der Waals surface area contributed by atoms with Crippen molar-refractivity contribution in [3.8, 4) is 0 Å². The highest BCUT2D eigenvalue weighted by Crippen LogP contribution is 2.29. The number of benzene rings is 3. The summed E-state index contributed by atoms with van der Waals surface area (Å²) in [6, 6.07) is 23.5. The molecule has 0 saturated heterocycles. The van der Waals surface area contributed by atoms with E-state index in [1.807, 2.05) is 60.7 Å².